The number of hydrogen-bond donors (Lipinski definition) is 2. The Morgan fingerprint density at radius 3 is 2.42 bits per heavy atom. The van der Waals surface area contributed by atoms with Crippen LogP contribution in [0.2, 0.25) is 5.02 Å². The molecule has 5 nitrogen and oxygen atoms in total. The van der Waals surface area contributed by atoms with Crippen LogP contribution < -0.4 is 10.7 Å². The minimum absolute atomic E-state index is 0.0439. The van der Waals surface area contributed by atoms with Gasteiger partial charge in [-0.1, -0.05) is 45.7 Å². The number of hydrazone groups is 1. The molecule has 124 valence electrons. The summed E-state index contributed by atoms with van der Waals surface area (Å²) < 4.78 is 0.927. The first kappa shape index (κ1) is 18.2. The molecule has 2 N–H and O–H groups in total. The molecule has 0 radical (unpaired) electrons. The number of anilines is 1. The number of carbonyl (C=O) groups is 2. The van der Waals surface area contributed by atoms with Crippen LogP contribution in [-0.2, 0) is 9.59 Å². The first-order chi connectivity index (χ1) is 11.5. The van der Waals surface area contributed by atoms with E-state index in [1.165, 1.54) is 6.21 Å². The second-order valence-electron chi connectivity index (χ2n) is 4.87. The fourth-order valence-electron chi connectivity index (χ4n) is 1.79. The Kier molecular flexibility index (Phi) is 6.96. The van der Waals surface area contributed by atoms with Crippen molar-refractivity contribution in [3.8, 4) is 0 Å². The third-order valence-corrected chi connectivity index (χ3v) is 3.88. The van der Waals surface area contributed by atoms with Gasteiger partial charge in [0.05, 0.1) is 6.21 Å². The van der Waals surface area contributed by atoms with Crippen molar-refractivity contribution in [2.75, 3.05) is 5.32 Å². The van der Waals surface area contributed by atoms with Gasteiger partial charge in [-0.3, -0.25) is 9.59 Å². The van der Waals surface area contributed by atoms with Crippen molar-refractivity contribution in [3.63, 3.8) is 0 Å². The molecule has 0 saturated carbocycles. The van der Waals surface area contributed by atoms with Gasteiger partial charge in [-0.05, 0) is 30.3 Å². The lowest BCUT2D eigenvalue weighted by Crippen LogP contribution is -2.20. The summed E-state index contributed by atoms with van der Waals surface area (Å²) in [5, 5.41) is 7.09. The third-order valence-electron chi connectivity index (χ3n) is 3.01. The minimum Gasteiger partial charge on any atom is -0.326 e. The molecule has 0 unspecified atom stereocenters. The summed E-state index contributed by atoms with van der Waals surface area (Å²) in [4.78, 5) is 23.5. The summed E-state index contributed by atoms with van der Waals surface area (Å²) in [6, 6.07) is 14.3. The van der Waals surface area contributed by atoms with E-state index in [-0.39, 0.29) is 24.7 Å². The number of halogens is 2. The monoisotopic (exact) mass is 407 g/mol. The van der Waals surface area contributed by atoms with Crippen LogP contribution in [0.3, 0.4) is 0 Å². The van der Waals surface area contributed by atoms with Gasteiger partial charge in [0.15, 0.2) is 0 Å². The van der Waals surface area contributed by atoms with E-state index in [0.717, 1.165) is 4.47 Å². The van der Waals surface area contributed by atoms with Crippen LogP contribution in [0, 0.1) is 0 Å². The first-order valence-corrected chi connectivity index (χ1v) is 8.33. The molecule has 0 atom stereocenters. The second kappa shape index (κ2) is 9.20. The van der Waals surface area contributed by atoms with Crippen molar-refractivity contribution in [3.05, 3.63) is 63.6 Å². The Balaban J connectivity index is 1.73. The molecule has 24 heavy (non-hydrogen) atoms. The van der Waals surface area contributed by atoms with Crippen LogP contribution >= 0.6 is 27.5 Å². The lowest BCUT2D eigenvalue weighted by molar-refractivity contribution is -0.124. The van der Waals surface area contributed by atoms with Crippen LogP contribution in [0.4, 0.5) is 5.69 Å². The zero-order chi connectivity index (χ0) is 17.4. The van der Waals surface area contributed by atoms with Crippen molar-refractivity contribution in [2.45, 2.75) is 12.8 Å². The summed E-state index contributed by atoms with van der Waals surface area (Å²) >= 11 is 9.29. The van der Waals surface area contributed by atoms with E-state index in [9.17, 15) is 9.59 Å². The normalized spacial score (nSPS) is 10.6. The van der Waals surface area contributed by atoms with E-state index in [4.69, 9.17) is 11.6 Å². The molecule has 0 aliphatic carbocycles. The van der Waals surface area contributed by atoms with Crippen molar-refractivity contribution in [2.24, 2.45) is 5.10 Å². The topological polar surface area (TPSA) is 70.6 Å². The van der Waals surface area contributed by atoms with Gasteiger partial charge in [0.1, 0.15) is 0 Å². The van der Waals surface area contributed by atoms with E-state index < -0.39 is 0 Å². The van der Waals surface area contributed by atoms with Crippen LogP contribution in [0.15, 0.2) is 58.1 Å². The molecule has 2 aromatic rings. The Bertz CT molecular complexity index is 748. The predicted octanol–water partition coefficient (Wildman–Crippen LogP) is 3.97. The highest BCUT2D eigenvalue weighted by Gasteiger charge is 2.06. The highest BCUT2D eigenvalue weighted by atomic mass is 79.9. The van der Waals surface area contributed by atoms with Gasteiger partial charge in [0.2, 0.25) is 11.8 Å². The van der Waals surface area contributed by atoms with Gasteiger partial charge in [-0.15, -0.1) is 0 Å². The van der Waals surface area contributed by atoms with Crippen molar-refractivity contribution >= 4 is 51.2 Å². The summed E-state index contributed by atoms with van der Waals surface area (Å²) in [6.45, 7) is 0. The zero-order valence-corrected chi connectivity index (χ0v) is 15.0. The predicted molar refractivity (Wildman–Crippen MR) is 99.2 cm³/mol. The summed E-state index contributed by atoms with van der Waals surface area (Å²) in [5.74, 6) is -0.577. The van der Waals surface area contributed by atoms with Gasteiger partial charge < -0.3 is 5.32 Å². The molecule has 0 aromatic heterocycles. The Hall–Kier alpha value is -2.18. The number of hydrogen-bond acceptors (Lipinski definition) is 3. The molecule has 7 heteroatoms. The van der Waals surface area contributed by atoms with Crippen LogP contribution in [0.5, 0.6) is 0 Å². The molecule has 0 fully saturated rings. The number of nitrogens with zero attached hydrogens (tertiary/aromatic N) is 1. The number of carbonyl (C=O) groups excluding carboxylic acids is 2. The van der Waals surface area contributed by atoms with Crippen molar-refractivity contribution in [1.82, 2.24) is 5.43 Å². The van der Waals surface area contributed by atoms with E-state index in [1.54, 1.807) is 24.3 Å². The molecular weight excluding hydrogens is 394 g/mol. The largest absolute Gasteiger partial charge is 0.326 e. The fraction of sp³-hybridized carbons (Fsp3) is 0.118. The highest BCUT2D eigenvalue weighted by Crippen LogP contribution is 2.14. The third kappa shape index (κ3) is 6.14. The molecular formula is C17H15BrClN3O2. The van der Waals surface area contributed by atoms with Crippen LogP contribution in [-0.4, -0.2) is 18.0 Å². The fourth-order valence-corrected chi connectivity index (χ4v) is 2.24. The van der Waals surface area contributed by atoms with Crippen LogP contribution in [0.1, 0.15) is 18.4 Å². The maximum atomic E-state index is 11.8. The molecule has 0 bridgehead atoms. The molecule has 0 heterocycles. The van der Waals surface area contributed by atoms with E-state index >= 15 is 0 Å². The lowest BCUT2D eigenvalue weighted by atomic mass is 10.2. The number of amides is 2. The van der Waals surface area contributed by atoms with Gasteiger partial charge in [0, 0.05) is 33.6 Å². The van der Waals surface area contributed by atoms with Gasteiger partial charge in [-0.2, -0.15) is 5.10 Å². The molecule has 2 rings (SSSR count). The second-order valence-corrected chi connectivity index (χ2v) is 6.19. The van der Waals surface area contributed by atoms with E-state index in [2.05, 4.69) is 31.8 Å². The number of benzene rings is 2. The molecule has 0 aliphatic rings. The highest BCUT2D eigenvalue weighted by molar-refractivity contribution is 9.10. The van der Waals surface area contributed by atoms with Crippen molar-refractivity contribution in [1.29, 1.82) is 0 Å². The Morgan fingerprint density at radius 2 is 1.71 bits per heavy atom. The number of nitrogens with one attached hydrogen (secondary N) is 2. The summed E-state index contributed by atoms with van der Waals surface area (Å²) in [5.41, 5.74) is 3.75. The Morgan fingerprint density at radius 1 is 1.04 bits per heavy atom. The molecule has 0 saturated heterocycles. The quantitative estimate of drug-likeness (QED) is 0.561. The molecule has 2 amide bonds. The van der Waals surface area contributed by atoms with Crippen molar-refractivity contribution < 1.29 is 9.59 Å². The summed E-state index contributed by atoms with van der Waals surface area (Å²) in [6.07, 6.45) is 1.58. The maximum absolute atomic E-state index is 11.8. The zero-order valence-electron chi connectivity index (χ0n) is 12.6. The minimum atomic E-state index is -0.343. The summed E-state index contributed by atoms with van der Waals surface area (Å²) in [7, 11) is 0. The SMILES string of the molecule is O=C(CCC(=O)Nc1ccc(Br)cc1)N/N=C\c1ccccc1Cl. The van der Waals surface area contributed by atoms with Crippen LogP contribution in [0.25, 0.3) is 0 Å². The average Bonchev–Trinajstić information content (AvgIpc) is 2.57. The van der Waals surface area contributed by atoms with E-state index in [1.807, 2.05) is 24.3 Å². The van der Waals surface area contributed by atoms with Gasteiger partial charge in [0.25, 0.3) is 0 Å². The van der Waals surface area contributed by atoms with E-state index in [0.29, 0.717) is 16.3 Å². The number of rotatable bonds is 6. The smallest absolute Gasteiger partial charge is 0.240 e. The molecule has 0 spiro atoms. The molecule has 2 aromatic carbocycles. The van der Waals surface area contributed by atoms with Gasteiger partial charge >= 0.3 is 0 Å². The maximum Gasteiger partial charge on any atom is 0.240 e. The first-order valence-electron chi connectivity index (χ1n) is 7.16. The standard InChI is InChI=1S/C17H15BrClN3O2/c18-13-5-7-14(8-6-13)21-16(23)9-10-17(24)22-20-11-12-3-1-2-4-15(12)19/h1-8,11H,9-10H2,(H,21,23)(H,22,24)/b20-11-. The average molecular weight is 409 g/mol. The van der Waals surface area contributed by atoms with Gasteiger partial charge in [-0.25, -0.2) is 5.43 Å². The Labute approximate surface area is 153 Å². The molecule has 0 aliphatic heterocycles. The lowest BCUT2D eigenvalue weighted by Gasteiger charge is -2.05.